The Morgan fingerprint density at radius 3 is 2.46 bits per heavy atom. The van der Waals surface area contributed by atoms with Crippen LogP contribution in [0.4, 0.5) is 5.00 Å². The number of hydrogen-bond donors (Lipinski definition) is 1. The van der Waals surface area contributed by atoms with E-state index >= 15 is 0 Å². The number of aryl methyl sites for hydroxylation is 2. The van der Waals surface area contributed by atoms with Crippen molar-refractivity contribution in [2.24, 2.45) is 0 Å². The molecule has 8 heteroatoms. The molecule has 0 bridgehead atoms. The van der Waals surface area contributed by atoms with Gasteiger partial charge < -0.3 is 24.3 Å². The van der Waals surface area contributed by atoms with Gasteiger partial charge in [0.1, 0.15) is 16.3 Å². The van der Waals surface area contributed by atoms with Gasteiger partial charge in [0.05, 0.1) is 27.4 Å². The first-order valence-corrected chi connectivity index (χ1v) is 12.3. The van der Waals surface area contributed by atoms with Gasteiger partial charge in [-0.25, -0.2) is 4.79 Å². The fraction of sp³-hybridized carbons (Fsp3) is 0.333. The summed E-state index contributed by atoms with van der Waals surface area (Å²) in [6, 6.07) is 11.4. The molecule has 0 aliphatic heterocycles. The molecule has 0 aliphatic carbocycles. The molecule has 1 N–H and O–H groups in total. The van der Waals surface area contributed by atoms with Gasteiger partial charge in [0.2, 0.25) is 5.91 Å². The van der Waals surface area contributed by atoms with Crippen molar-refractivity contribution < 1.29 is 28.5 Å². The maximum absolute atomic E-state index is 12.8. The SMILES string of the molecule is CCOC(=O)c1c(-c2ccc(OC)c(OC)c2)csc1NC(=O)CCCOc1cc(C)ccc1C. The van der Waals surface area contributed by atoms with E-state index in [9.17, 15) is 9.59 Å². The minimum absolute atomic E-state index is 0.194. The second-order valence-corrected chi connectivity index (χ2v) is 8.79. The largest absolute Gasteiger partial charge is 0.493 e. The van der Waals surface area contributed by atoms with Crippen LogP contribution < -0.4 is 19.5 Å². The average Bonchev–Trinajstić information content (AvgIpc) is 3.27. The molecule has 2 aromatic carbocycles. The van der Waals surface area contributed by atoms with Crippen molar-refractivity contribution in [1.29, 1.82) is 0 Å². The zero-order valence-electron chi connectivity index (χ0n) is 20.7. The van der Waals surface area contributed by atoms with Gasteiger partial charge in [-0.1, -0.05) is 18.2 Å². The summed E-state index contributed by atoms with van der Waals surface area (Å²) in [5, 5.41) is 5.16. The van der Waals surface area contributed by atoms with Crippen molar-refractivity contribution in [1.82, 2.24) is 0 Å². The van der Waals surface area contributed by atoms with Crippen LogP contribution in [-0.4, -0.2) is 39.3 Å². The van der Waals surface area contributed by atoms with Crippen LogP contribution >= 0.6 is 11.3 Å². The number of ether oxygens (including phenoxy) is 4. The number of nitrogens with one attached hydrogen (secondary N) is 1. The Hall–Kier alpha value is -3.52. The molecule has 0 saturated heterocycles. The van der Waals surface area contributed by atoms with Gasteiger partial charge in [-0.2, -0.15) is 0 Å². The van der Waals surface area contributed by atoms with Gasteiger partial charge in [-0.05, 0) is 62.1 Å². The fourth-order valence-corrected chi connectivity index (χ4v) is 4.51. The van der Waals surface area contributed by atoms with Crippen molar-refractivity contribution in [2.75, 3.05) is 32.8 Å². The van der Waals surface area contributed by atoms with E-state index in [0.717, 1.165) is 22.4 Å². The lowest BCUT2D eigenvalue weighted by molar-refractivity contribution is -0.116. The lowest BCUT2D eigenvalue weighted by Gasteiger charge is -2.12. The van der Waals surface area contributed by atoms with Gasteiger partial charge in [-0.3, -0.25) is 4.79 Å². The quantitative estimate of drug-likeness (QED) is 0.258. The lowest BCUT2D eigenvalue weighted by Crippen LogP contribution is -2.15. The number of methoxy groups -OCH3 is 2. The van der Waals surface area contributed by atoms with E-state index < -0.39 is 5.97 Å². The molecule has 0 atom stereocenters. The number of carbonyl (C=O) groups excluding carboxylic acids is 2. The number of thiophene rings is 1. The Balaban J connectivity index is 1.72. The summed E-state index contributed by atoms with van der Waals surface area (Å²) in [5.74, 6) is 1.27. The maximum atomic E-state index is 12.8. The predicted octanol–water partition coefficient (Wildman–Crippen LogP) is 6.02. The van der Waals surface area contributed by atoms with E-state index in [4.69, 9.17) is 18.9 Å². The molecule has 0 radical (unpaired) electrons. The minimum Gasteiger partial charge on any atom is -0.493 e. The first kappa shape index (κ1) is 26.1. The molecule has 35 heavy (non-hydrogen) atoms. The minimum atomic E-state index is -0.493. The molecule has 0 saturated carbocycles. The second-order valence-electron chi connectivity index (χ2n) is 7.91. The third-order valence-corrected chi connectivity index (χ3v) is 6.26. The third kappa shape index (κ3) is 6.54. The van der Waals surface area contributed by atoms with Crippen LogP contribution in [0, 0.1) is 13.8 Å². The van der Waals surface area contributed by atoms with Crippen LogP contribution in [-0.2, 0) is 9.53 Å². The van der Waals surface area contributed by atoms with Crippen molar-refractivity contribution >= 4 is 28.2 Å². The van der Waals surface area contributed by atoms with E-state index in [2.05, 4.69) is 5.32 Å². The average molecular weight is 498 g/mol. The van der Waals surface area contributed by atoms with Crippen LogP contribution in [0.2, 0.25) is 0 Å². The summed E-state index contributed by atoms with van der Waals surface area (Å²) >= 11 is 1.28. The number of amides is 1. The molecular formula is C27H31NO6S. The van der Waals surface area contributed by atoms with Crippen LogP contribution in [0.5, 0.6) is 17.2 Å². The monoisotopic (exact) mass is 497 g/mol. The number of hydrogen-bond acceptors (Lipinski definition) is 7. The smallest absolute Gasteiger partial charge is 0.341 e. The highest BCUT2D eigenvalue weighted by Gasteiger charge is 2.23. The van der Waals surface area contributed by atoms with Gasteiger partial charge >= 0.3 is 5.97 Å². The highest BCUT2D eigenvalue weighted by atomic mass is 32.1. The summed E-state index contributed by atoms with van der Waals surface area (Å²) in [7, 11) is 3.12. The maximum Gasteiger partial charge on any atom is 0.341 e. The molecule has 3 rings (SSSR count). The Morgan fingerprint density at radius 1 is 0.971 bits per heavy atom. The molecular weight excluding hydrogens is 466 g/mol. The summed E-state index contributed by atoms with van der Waals surface area (Å²) in [6.45, 7) is 6.39. The van der Waals surface area contributed by atoms with Crippen LogP contribution in [0.1, 0.15) is 41.3 Å². The Labute approximate surface area is 210 Å². The highest BCUT2D eigenvalue weighted by Crippen LogP contribution is 2.39. The molecule has 186 valence electrons. The second kappa shape index (κ2) is 12.3. The van der Waals surface area contributed by atoms with Crippen molar-refractivity contribution in [3.05, 3.63) is 58.5 Å². The van der Waals surface area contributed by atoms with Crippen LogP contribution in [0.15, 0.2) is 41.8 Å². The molecule has 1 heterocycles. The van der Waals surface area contributed by atoms with E-state index in [1.165, 1.54) is 11.3 Å². The van der Waals surface area contributed by atoms with E-state index in [-0.39, 0.29) is 18.9 Å². The van der Waals surface area contributed by atoms with Gasteiger partial charge in [-0.15, -0.1) is 11.3 Å². The standard InChI is InChI=1S/C27H31NO6S/c1-6-33-27(30)25-20(19-11-12-21(31-4)23(15-19)32-5)16-35-26(25)28-24(29)8-7-13-34-22-14-17(2)9-10-18(22)3/h9-12,14-16H,6-8,13H2,1-5H3,(H,28,29). The van der Waals surface area contributed by atoms with E-state index in [1.807, 2.05) is 43.5 Å². The highest BCUT2D eigenvalue weighted by molar-refractivity contribution is 7.15. The molecule has 0 unspecified atom stereocenters. The number of rotatable bonds is 11. The van der Waals surface area contributed by atoms with Gasteiger partial charge in [0.25, 0.3) is 0 Å². The molecule has 0 aliphatic rings. The normalized spacial score (nSPS) is 10.5. The molecule has 0 spiro atoms. The molecule has 1 aromatic heterocycles. The van der Waals surface area contributed by atoms with Crippen LogP contribution in [0.3, 0.4) is 0 Å². The van der Waals surface area contributed by atoms with Crippen molar-refractivity contribution in [3.8, 4) is 28.4 Å². The summed E-state index contributed by atoms with van der Waals surface area (Å²) in [6.07, 6.45) is 0.804. The zero-order valence-corrected chi connectivity index (χ0v) is 21.5. The third-order valence-electron chi connectivity index (χ3n) is 5.37. The first-order chi connectivity index (χ1) is 16.9. The Bertz CT molecular complexity index is 1190. The molecule has 7 nitrogen and oxygen atoms in total. The van der Waals surface area contributed by atoms with Gasteiger partial charge in [0.15, 0.2) is 11.5 Å². The van der Waals surface area contributed by atoms with E-state index in [0.29, 0.717) is 40.7 Å². The fourth-order valence-electron chi connectivity index (χ4n) is 3.54. The van der Waals surface area contributed by atoms with Crippen molar-refractivity contribution in [2.45, 2.75) is 33.6 Å². The number of benzene rings is 2. The van der Waals surface area contributed by atoms with Crippen LogP contribution in [0.25, 0.3) is 11.1 Å². The zero-order chi connectivity index (χ0) is 25.4. The summed E-state index contributed by atoms with van der Waals surface area (Å²) in [4.78, 5) is 25.5. The number of anilines is 1. The molecule has 0 fully saturated rings. The number of carbonyl (C=O) groups is 2. The summed E-state index contributed by atoms with van der Waals surface area (Å²) < 4.78 is 21.8. The van der Waals surface area contributed by atoms with Crippen molar-refractivity contribution in [3.63, 3.8) is 0 Å². The predicted molar refractivity (Wildman–Crippen MR) is 138 cm³/mol. The Morgan fingerprint density at radius 2 is 1.74 bits per heavy atom. The lowest BCUT2D eigenvalue weighted by atomic mass is 10.0. The summed E-state index contributed by atoms with van der Waals surface area (Å²) in [5.41, 5.74) is 3.91. The number of esters is 1. The van der Waals surface area contributed by atoms with Gasteiger partial charge in [0, 0.05) is 17.4 Å². The topological polar surface area (TPSA) is 83.1 Å². The molecule has 3 aromatic rings. The Kier molecular flexibility index (Phi) is 9.14. The molecule has 1 amide bonds. The van der Waals surface area contributed by atoms with E-state index in [1.54, 1.807) is 33.3 Å². The first-order valence-electron chi connectivity index (χ1n) is 11.4.